The number of fused-ring (bicyclic) bond motifs is 2. The molecule has 2 unspecified atom stereocenters. The second-order valence-corrected chi connectivity index (χ2v) is 10.7. The highest BCUT2D eigenvalue weighted by Gasteiger charge is 2.42. The Morgan fingerprint density at radius 2 is 1.83 bits per heavy atom. The fraction of sp³-hybridized carbons (Fsp3) is 0.429. The van der Waals surface area contributed by atoms with Crippen LogP contribution in [0.4, 0.5) is 19.0 Å². The van der Waals surface area contributed by atoms with Gasteiger partial charge in [-0.15, -0.1) is 18.3 Å². The summed E-state index contributed by atoms with van der Waals surface area (Å²) >= 11 is 0. The van der Waals surface area contributed by atoms with Gasteiger partial charge in [-0.2, -0.15) is 0 Å². The zero-order valence-corrected chi connectivity index (χ0v) is 21.8. The number of pyridine rings is 1. The number of hydrogen-bond acceptors (Lipinski definition) is 9. The van der Waals surface area contributed by atoms with Crippen molar-refractivity contribution in [1.29, 1.82) is 0 Å². The maximum atomic E-state index is 13.1. The number of para-hydroxylation sites is 1. The van der Waals surface area contributed by atoms with Crippen molar-refractivity contribution < 1.29 is 31.6 Å². The van der Waals surface area contributed by atoms with Crippen LogP contribution in [0, 0.1) is 0 Å². The quantitative estimate of drug-likeness (QED) is 0.290. The fourth-order valence-electron chi connectivity index (χ4n) is 6.07. The first-order chi connectivity index (χ1) is 19.8. The van der Waals surface area contributed by atoms with Crippen molar-refractivity contribution in [2.45, 2.75) is 75.6 Å². The van der Waals surface area contributed by atoms with Crippen LogP contribution in [0.25, 0.3) is 22.7 Å². The topological polar surface area (TPSA) is 120 Å². The van der Waals surface area contributed by atoms with E-state index in [9.17, 15) is 18.0 Å². The summed E-state index contributed by atoms with van der Waals surface area (Å²) in [4.78, 5) is 18.2. The summed E-state index contributed by atoms with van der Waals surface area (Å²) in [6, 6.07) is 10.2. The van der Waals surface area contributed by atoms with E-state index in [2.05, 4.69) is 30.0 Å². The Kier molecular flexibility index (Phi) is 6.33. The molecule has 214 valence electrons. The van der Waals surface area contributed by atoms with Gasteiger partial charge in [0.15, 0.2) is 0 Å². The third-order valence-corrected chi connectivity index (χ3v) is 7.99. The number of alkyl halides is 3. The van der Waals surface area contributed by atoms with Crippen molar-refractivity contribution in [3.8, 4) is 28.5 Å². The number of H-pyrrole nitrogens is 1. The van der Waals surface area contributed by atoms with E-state index in [1.165, 1.54) is 12.1 Å². The molecule has 0 spiro atoms. The van der Waals surface area contributed by atoms with Crippen molar-refractivity contribution in [2.75, 3.05) is 4.90 Å². The molecule has 2 bridgehead atoms. The van der Waals surface area contributed by atoms with Crippen molar-refractivity contribution in [2.24, 2.45) is 0 Å². The Bertz CT molecular complexity index is 1580. The number of nitrogens with zero attached hydrogens (tertiary/aromatic N) is 4. The highest BCUT2D eigenvalue weighted by molar-refractivity contribution is 5.70. The average molecular weight is 570 g/mol. The van der Waals surface area contributed by atoms with Gasteiger partial charge in [0.25, 0.3) is 5.89 Å². The molecule has 2 aliphatic heterocycles. The Balaban J connectivity index is 1.07. The van der Waals surface area contributed by atoms with Crippen molar-refractivity contribution in [3.63, 3.8) is 0 Å². The first kappa shape index (κ1) is 25.8. The third kappa shape index (κ3) is 5.21. The van der Waals surface area contributed by atoms with E-state index in [4.69, 9.17) is 13.7 Å². The van der Waals surface area contributed by atoms with Crippen molar-refractivity contribution in [1.82, 2.24) is 20.3 Å². The highest BCUT2D eigenvalue weighted by Crippen LogP contribution is 2.46. The van der Waals surface area contributed by atoms with Crippen LogP contribution >= 0.6 is 0 Å². The molecule has 5 heterocycles. The second kappa shape index (κ2) is 10.1. The lowest BCUT2D eigenvalue weighted by atomic mass is 9.99. The van der Waals surface area contributed by atoms with E-state index in [-0.39, 0.29) is 47.9 Å². The predicted molar refractivity (Wildman–Crippen MR) is 138 cm³/mol. The minimum Gasteiger partial charge on any atom is -0.405 e. The standard InChI is InChI=1S/C28H26F3N5O5/c29-28(30,31)40-22-4-2-1-3-20(22)24-21(25(41-35-24)15-5-6-15)14-38-19-11-17-8-9-18(12-19)36(17)23-10-7-16(13-32-23)26-33-34-27(37)39-26/h1-4,7,10,13,15,17-19H,5-6,8-9,11-12,14H2,(H,34,37). The zero-order valence-electron chi connectivity index (χ0n) is 21.8. The minimum atomic E-state index is -4.83. The third-order valence-electron chi connectivity index (χ3n) is 7.99. The van der Waals surface area contributed by atoms with Gasteiger partial charge in [-0.25, -0.2) is 14.9 Å². The van der Waals surface area contributed by atoms with Gasteiger partial charge in [-0.3, -0.25) is 0 Å². The average Bonchev–Trinajstić information content (AvgIpc) is 3.46. The summed E-state index contributed by atoms with van der Waals surface area (Å²) in [5.41, 5.74) is 1.83. The molecular weight excluding hydrogens is 543 g/mol. The molecule has 1 aromatic carbocycles. The monoisotopic (exact) mass is 569 g/mol. The van der Waals surface area contributed by atoms with Crippen LogP contribution in [0.15, 0.2) is 56.3 Å². The van der Waals surface area contributed by atoms with Gasteiger partial charge in [0.2, 0.25) is 0 Å². The summed E-state index contributed by atoms with van der Waals surface area (Å²) in [6.07, 6.45) is 2.29. The molecule has 41 heavy (non-hydrogen) atoms. The molecule has 0 amide bonds. The maximum Gasteiger partial charge on any atom is 0.573 e. The van der Waals surface area contributed by atoms with Crippen LogP contribution in [0.2, 0.25) is 0 Å². The van der Waals surface area contributed by atoms with E-state index in [0.717, 1.165) is 44.3 Å². The van der Waals surface area contributed by atoms with Crippen LogP contribution in [-0.4, -0.2) is 44.9 Å². The molecule has 7 rings (SSSR count). The first-order valence-corrected chi connectivity index (χ1v) is 13.6. The Morgan fingerprint density at radius 3 is 2.49 bits per heavy atom. The molecule has 2 saturated heterocycles. The molecule has 1 saturated carbocycles. The minimum absolute atomic E-state index is 0.0298. The van der Waals surface area contributed by atoms with E-state index in [0.29, 0.717) is 22.6 Å². The number of nitrogens with one attached hydrogen (secondary N) is 1. The van der Waals surface area contributed by atoms with Crippen LogP contribution in [-0.2, 0) is 11.3 Å². The maximum absolute atomic E-state index is 13.1. The molecular formula is C28H26F3N5O5. The first-order valence-electron chi connectivity index (χ1n) is 13.6. The summed E-state index contributed by atoms with van der Waals surface area (Å²) in [5.74, 6) is 0.972. The summed E-state index contributed by atoms with van der Waals surface area (Å²) in [6.45, 7) is 0.191. The zero-order chi connectivity index (χ0) is 28.1. The molecule has 3 aromatic heterocycles. The van der Waals surface area contributed by atoms with Gasteiger partial charge in [0.1, 0.15) is 23.0 Å². The number of aromatic amines is 1. The van der Waals surface area contributed by atoms with E-state index < -0.39 is 12.1 Å². The molecule has 1 aliphatic carbocycles. The van der Waals surface area contributed by atoms with Crippen molar-refractivity contribution in [3.05, 3.63) is 64.5 Å². The molecule has 10 nitrogen and oxygen atoms in total. The smallest absolute Gasteiger partial charge is 0.405 e. The van der Waals surface area contributed by atoms with Crippen LogP contribution < -0.4 is 15.4 Å². The number of piperidine rings is 1. The summed E-state index contributed by atoms with van der Waals surface area (Å²) in [7, 11) is 0. The molecule has 4 aromatic rings. The number of rotatable bonds is 8. The Labute approximate surface area is 231 Å². The number of anilines is 1. The number of hydrogen-bond donors (Lipinski definition) is 1. The number of halogens is 3. The second-order valence-electron chi connectivity index (χ2n) is 10.7. The molecule has 13 heteroatoms. The summed E-state index contributed by atoms with van der Waals surface area (Å²) in [5, 5.41) is 10.3. The molecule has 2 atom stereocenters. The van der Waals surface area contributed by atoms with Gasteiger partial charge >= 0.3 is 12.1 Å². The van der Waals surface area contributed by atoms with Crippen LogP contribution in [0.1, 0.15) is 55.8 Å². The lowest BCUT2D eigenvalue weighted by Gasteiger charge is -2.39. The lowest BCUT2D eigenvalue weighted by Crippen LogP contribution is -2.46. The fourth-order valence-corrected chi connectivity index (χ4v) is 6.07. The number of ether oxygens (including phenoxy) is 2. The lowest BCUT2D eigenvalue weighted by molar-refractivity contribution is -0.274. The van der Waals surface area contributed by atoms with Crippen LogP contribution in [0.5, 0.6) is 5.75 Å². The largest absolute Gasteiger partial charge is 0.573 e. The Hall–Kier alpha value is -4.13. The number of benzene rings is 1. The van der Waals surface area contributed by atoms with Gasteiger partial charge in [0, 0.05) is 35.3 Å². The molecule has 3 aliphatic rings. The van der Waals surface area contributed by atoms with Crippen molar-refractivity contribution >= 4 is 5.82 Å². The normalized spacial score (nSPS) is 22.3. The molecule has 3 fully saturated rings. The van der Waals surface area contributed by atoms with Crippen LogP contribution in [0.3, 0.4) is 0 Å². The summed E-state index contributed by atoms with van der Waals surface area (Å²) < 4.78 is 60.6. The molecule has 1 N–H and O–H groups in total. The Morgan fingerprint density at radius 1 is 1.05 bits per heavy atom. The molecule has 0 radical (unpaired) electrons. The van der Waals surface area contributed by atoms with Gasteiger partial charge in [-0.05, 0) is 62.8 Å². The van der Waals surface area contributed by atoms with E-state index in [1.807, 2.05) is 12.1 Å². The predicted octanol–water partition coefficient (Wildman–Crippen LogP) is 5.57. The number of aromatic nitrogens is 4. The van der Waals surface area contributed by atoms with Gasteiger partial charge in [-0.1, -0.05) is 17.3 Å². The SMILES string of the molecule is O=c1[nH]nc(-c2ccc(N3C4CCC3CC(OCc3c(-c5ccccc5OC(F)(F)F)noc3C3CC3)C4)nc2)o1. The van der Waals surface area contributed by atoms with E-state index >= 15 is 0 Å². The highest BCUT2D eigenvalue weighted by atomic mass is 19.4. The van der Waals surface area contributed by atoms with E-state index in [1.54, 1.807) is 18.3 Å². The van der Waals surface area contributed by atoms with Gasteiger partial charge in [0.05, 0.1) is 18.3 Å². The van der Waals surface area contributed by atoms with Gasteiger partial charge < -0.3 is 23.3 Å².